The van der Waals surface area contributed by atoms with Gasteiger partial charge in [0.25, 0.3) is 0 Å². The molecule has 1 aliphatic carbocycles. The van der Waals surface area contributed by atoms with E-state index in [1.54, 1.807) is 0 Å². The molecule has 2 aliphatic rings. The molecule has 0 aromatic rings. The van der Waals surface area contributed by atoms with Crippen LogP contribution in [0.15, 0.2) is 0 Å². The molecule has 0 radical (unpaired) electrons. The SMILES string of the molecule is CCC1CC2CC1CO2. The summed E-state index contributed by atoms with van der Waals surface area (Å²) in [6, 6.07) is 0. The quantitative estimate of drug-likeness (QED) is 0.520. The molecule has 0 spiro atoms. The van der Waals surface area contributed by atoms with E-state index in [4.69, 9.17) is 4.74 Å². The molecule has 0 aromatic heterocycles. The first-order valence-corrected chi connectivity index (χ1v) is 4.01. The Hall–Kier alpha value is -0.0400. The van der Waals surface area contributed by atoms with Crippen molar-refractivity contribution in [2.24, 2.45) is 11.8 Å². The second-order valence-electron chi connectivity index (χ2n) is 3.36. The van der Waals surface area contributed by atoms with Gasteiger partial charge < -0.3 is 4.74 Å². The minimum atomic E-state index is 0.653. The first-order chi connectivity index (χ1) is 4.40. The van der Waals surface area contributed by atoms with Crippen LogP contribution in [-0.2, 0) is 4.74 Å². The Morgan fingerprint density at radius 3 is 2.67 bits per heavy atom. The maximum Gasteiger partial charge on any atom is 0.0581 e. The fourth-order valence-corrected chi connectivity index (χ4v) is 2.26. The molecule has 1 aliphatic heterocycles. The minimum Gasteiger partial charge on any atom is -0.378 e. The Kier molecular flexibility index (Phi) is 1.26. The third-order valence-electron chi connectivity index (χ3n) is 2.87. The molecule has 3 atom stereocenters. The predicted octanol–water partition coefficient (Wildman–Crippen LogP) is 1.82. The Morgan fingerprint density at radius 2 is 2.33 bits per heavy atom. The maximum absolute atomic E-state index is 5.48. The maximum atomic E-state index is 5.48. The number of rotatable bonds is 1. The van der Waals surface area contributed by atoms with Crippen molar-refractivity contribution in [1.29, 1.82) is 0 Å². The summed E-state index contributed by atoms with van der Waals surface area (Å²) in [6.07, 6.45) is 4.73. The van der Waals surface area contributed by atoms with Crippen LogP contribution in [0.1, 0.15) is 26.2 Å². The fourth-order valence-electron chi connectivity index (χ4n) is 2.26. The van der Waals surface area contributed by atoms with Gasteiger partial charge in [-0.2, -0.15) is 0 Å². The van der Waals surface area contributed by atoms with Crippen LogP contribution in [0.25, 0.3) is 0 Å². The molecule has 9 heavy (non-hydrogen) atoms. The van der Waals surface area contributed by atoms with E-state index in [1.165, 1.54) is 19.3 Å². The Bertz CT molecular complexity index is 111. The van der Waals surface area contributed by atoms with Crippen molar-refractivity contribution in [3.05, 3.63) is 0 Å². The molecule has 1 saturated heterocycles. The van der Waals surface area contributed by atoms with Gasteiger partial charge in [0.05, 0.1) is 12.7 Å². The van der Waals surface area contributed by atoms with Gasteiger partial charge in [-0.15, -0.1) is 0 Å². The number of fused-ring (bicyclic) bond motifs is 2. The van der Waals surface area contributed by atoms with Crippen molar-refractivity contribution >= 4 is 0 Å². The van der Waals surface area contributed by atoms with E-state index in [0.717, 1.165) is 18.4 Å². The number of hydrogen-bond acceptors (Lipinski definition) is 1. The lowest BCUT2D eigenvalue weighted by molar-refractivity contribution is 0.0515. The Morgan fingerprint density at radius 1 is 1.44 bits per heavy atom. The van der Waals surface area contributed by atoms with Crippen molar-refractivity contribution in [1.82, 2.24) is 0 Å². The van der Waals surface area contributed by atoms with Crippen LogP contribution >= 0.6 is 0 Å². The summed E-state index contributed by atoms with van der Waals surface area (Å²) in [6.45, 7) is 3.36. The zero-order chi connectivity index (χ0) is 6.27. The van der Waals surface area contributed by atoms with E-state index in [2.05, 4.69) is 6.92 Å². The Labute approximate surface area is 56.4 Å². The number of ether oxygens (including phenoxy) is 1. The molecule has 0 amide bonds. The highest BCUT2D eigenvalue weighted by molar-refractivity contribution is 4.88. The highest BCUT2D eigenvalue weighted by atomic mass is 16.5. The molecule has 1 heteroatoms. The summed E-state index contributed by atoms with van der Waals surface area (Å²) in [7, 11) is 0. The first-order valence-electron chi connectivity index (χ1n) is 4.01. The van der Waals surface area contributed by atoms with Gasteiger partial charge in [0.1, 0.15) is 0 Å². The average molecular weight is 126 g/mol. The lowest BCUT2D eigenvalue weighted by atomic mass is 9.94. The minimum absolute atomic E-state index is 0.653. The lowest BCUT2D eigenvalue weighted by Crippen LogP contribution is -2.16. The van der Waals surface area contributed by atoms with E-state index in [1.807, 2.05) is 0 Å². The van der Waals surface area contributed by atoms with Gasteiger partial charge in [-0.3, -0.25) is 0 Å². The zero-order valence-electron chi connectivity index (χ0n) is 5.97. The normalized spacial score (nSPS) is 48.3. The third-order valence-corrected chi connectivity index (χ3v) is 2.87. The standard InChI is InChI=1S/C8H14O/c1-2-6-3-8-4-7(6)5-9-8/h6-8H,2-5H2,1H3. The molecule has 1 nitrogen and oxygen atoms in total. The van der Waals surface area contributed by atoms with Crippen LogP contribution in [0.3, 0.4) is 0 Å². The van der Waals surface area contributed by atoms with Gasteiger partial charge >= 0.3 is 0 Å². The van der Waals surface area contributed by atoms with Gasteiger partial charge in [-0.05, 0) is 24.7 Å². The van der Waals surface area contributed by atoms with Crippen molar-refractivity contribution in [3.8, 4) is 0 Å². The van der Waals surface area contributed by atoms with E-state index in [-0.39, 0.29) is 0 Å². The van der Waals surface area contributed by atoms with Gasteiger partial charge in [-0.1, -0.05) is 13.3 Å². The van der Waals surface area contributed by atoms with E-state index in [0.29, 0.717) is 6.10 Å². The van der Waals surface area contributed by atoms with Crippen LogP contribution in [-0.4, -0.2) is 12.7 Å². The van der Waals surface area contributed by atoms with Crippen molar-refractivity contribution in [2.45, 2.75) is 32.3 Å². The van der Waals surface area contributed by atoms with Crippen LogP contribution in [0, 0.1) is 11.8 Å². The molecule has 1 heterocycles. The third kappa shape index (κ3) is 0.787. The summed E-state index contributed by atoms with van der Waals surface area (Å²) in [5, 5.41) is 0. The predicted molar refractivity (Wildman–Crippen MR) is 36.2 cm³/mol. The topological polar surface area (TPSA) is 9.23 Å². The van der Waals surface area contributed by atoms with Gasteiger partial charge in [-0.25, -0.2) is 0 Å². The molecule has 0 aromatic carbocycles. The summed E-state index contributed by atoms with van der Waals surface area (Å²) < 4.78 is 5.48. The highest BCUT2D eigenvalue weighted by Gasteiger charge is 2.39. The second-order valence-corrected chi connectivity index (χ2v) is 3.36. The molecule has 52 valence electrons. The molecule has 2 fully saturated rings. The smallest absolute Gasteiger partial charge is 0.0581 e. The van der Waals surface area contributed by atoms with Gasteiger partial charge in [0, 0.05) is 0 Å². The van der Waals surface area contributed by atoms with Crippen molar-refractivity contribution in [2.75, 3.05) is 6.61 Å². The molecule has 2 rings (SSSR count). The number of hydrogen-bond donors (Lipinski definition) is 0. The molecule has 0 N–H and O–H groups in total. The van der Waals surface area contributed by atoms with Crippen LogP contribution in [0.4, 0.5) is 0 Å². The molecular weight excluding hydrogens is 112 g/mol. The van der Waals surface area contributed by atoms with E-state index < -0.39 is 0 Å². The largest absolute Gasteiger partial charge is 0.378 e. The van der Waals surface area contributed by atoms with Gasteiger partial charge in [0.15, 0.2) is 0 Å². The van der Waals surface area contributed by atoms with Crippen LogP contribution in [0.5, 0.6) is 0 Å². The first kappa shape index (κ1) is 5.72. The molecular formula is C8H14O. The molecule has 1 saturated carbocycles. The summed E-state index contributed by atoms with van der Waals surface area (Å²) in [4.78, 5) is 0. The summed E-state index contributed by atoms with van der Waals surface area (Å²) in [5.74, 6) is 1.93. The second kappa shape index (κ2) is 1.98. The molecule has 3 unspecified atom stereocenters. The Balaban J connectivity index is 2.01. The fraction of sp³-hybridized carbons (Fsp3) is 1.00. The summed E-state index contributed by atoms with van der Waals surface area (Å²) in [5.41, 5.74) is 0. The van der Waals surface area contributed by atoms with Crippen molar-refractivity contribution < 1.29 is 4.74 Å². The summed E-state index contributed by atoms with van der Waals surface area (Å²) >= 11 is 0. The molecule has 2 bridgehead atoms. The van der Waals surface area contributed by atoms with Gasteiger partial charge in [0.2, 0.25) is 0 Å². The van der Waals surface area contributed by atoms with E-state index in [9.17, 15) is 0 Å². The van der Waals surface area contributed by atoms with Crippen LogP contribution in [0.2, 0.25) is 0 Å². The zero-order valence-corrected chi connectivity index (χ0v) is 5.97. The van der Waals surface area contributed by atoms with Crippen LogP contribution < -0.4 is 0 Å². The van der Waals surface area contributed by atoms with Crippen molar-refractivity contribution in [3.63, 3.8) is 0 Å². The lowest BCUT2D eigenvalue weighted by Gasteiger charge is -2.19. The highest BCUT2D eigenvalue weighted by Crippen LogP contribution is 2.41. The average Bonchev–Trinajstić information content (AvgIpc) is 2.45. The monoisotopic (exact) mass is 126 g/mol. The van der Waals surface area contributed by atoms with E-state index >= 15 is 0 Å².